The number of amides is 1. The fraction of sp³-hybridized carbons (Fsp3) is 0.909. The van der Waals surface area contributed by atoms with Gasteiger partial charge in [-0.05, 0) is 23.8 Å². The Labute approximate surface area is 86.4 Å². The smallest absolute Gasteiger partial charge is 0.220 e. The minimum absolute atomic E-state index is 0.138. The van der Waals surface area contributed by atoms with Gasteiger partial charge in [-0.2, -0.15) is 0 Å². The van der Waals surface area contributed by atoms with Crippen molar-refractivity contribution in [1.82, 2.24) is 5.32 Å². The highest BCUT2D eigenvalue weighted by Gasteiger charge is 2.65. The van der Waals surface area contributed by atoms with Crippen LogP contribution in [0.4, 0.5) is 0 Å². The predicted octanol–water partition coefficient (Wildman–Crippen LogP) is 1.28. The van der Waals surface area contributed by atoms with Crippen molar-refractivity contribution in [2.24, 2.45) is 16.6 Å². The fourth-order valence-electron chi connectivity index (χ4n) is 2.05. The van der Waals surface area contributed by atoms with Crippen LogP contribution in [0, 0.1) is 10.8 Å². The molecule has 0 heterocycles. The molecule has 1 rings (SSSR count). The van der Waals surface area contributed by atoms with Crippen LogP contribution in [0.15, 0.2) is 0 Å². The molecule has 3 heteroatoms. The number of carbonyl (C=O) groups excluding carboxylic acids is 1. The van der Waals surface area contributed by atoms with Gasteiger partial charge in [-0.25, -0.2) is 0 Å². The number of hydrogen-bond acceptors (Lipinski definition) is 2. The van der Waals surface area contributed by atoms with E-state index < -0.39 is 0 Å². The molecule has 1 aliphatic carbocycles. The summed E-state index contributed by atoms with van der Waals surface area (Å²) in [6, 6.07) is 0.320. The molecule has 3 nitrogen and oxygen atoms in total. The van der Waals surface area contributed by atoms with Gasteiger partial charge in [-0.1, -0.05) is 27.7 Å². The van der Waals surface area contributed by atoms with Gasteiger partial charge in [0.2, 0.25) is 5.91 Å². The molecular formula is C11H22N2O. The summed E-state index contributed by atoms with van der Waals surface area (Å²) in [7, 11) is 0. The minimum atomic E-state index is 0.138. The standard InChI is InChI=1S/C11H22N2O/c1-10(2)9(11(10,3)4)13-8(14)6-5-7-12/h9H,5-7,12H2,1-4H3,(H,13,14). The summed E-state index contributed by atoms with van der Waals surface area (Å²) in [6.07, 6.45) is 1.33. The van der Waals surface area contributed by atoms with Gasteiger partial charge in [0.25, 0.3) is 0 Å². The van der Waals surface area contributed by atoms with Gasteiger partial charge in [0.05, 0.1) is 0 Å². The van der Waals surface area contributed by atoms with Crippen molar-refractivity contribution < 1.29 is 4.79 Å². The van der Waals surface area contributed by atoms with Crippen LogP contribution in [0.5, 0.6) is 0 Å². The maximum absolute atomic E-state index is 11.5. The molecule has 0 spiro atoms. The van der Waals surface area contributed by atoms with Crippen LogP contribution in [-0.4, -0.2) is 18.5 Å². The van der Waals surface area contributed by atoms with E-state index in [9.17, 15) is 4.79 Å². The van der Waals surface area contributed by atoms with Crippen molar-refractivity contribution in [3.8, 4) is 0 Å². The molecule has 1 saturated carbocycles. The number of nitrogens with two attached hydrogens (primary N) is 1. The SMILES string of the molecule is CC1(C)C(NC(=O)CCCN)C1(C)C. The third-order valence-electron chi connectivity index (χ3n) is 3.93. The zero-order chi connectivity index (χ0) is 11.0. The Bertz CT molecular complexity index is 219. The Morgan fingerprint density at radius 3 is 2.14 bits per heavy atom. The van der Waals surface area contributed by atoms with Gasteiger partial charge < -0.3 is 11.1 Å². The lowest BCUT2D eigenvalue weighted by atomic mass is 10.0. The molecule has 1 aliphatic rings. The van der Waals surface area contributed by atoms with Crippen molar-refractivity contribution in [3.63, 3.8) is 0 Å². The molecule has 0 aromatic carbocycles. The second kappa shape index (κ2) is 3.54. The zero-order valence-electron chi connectivity index (χ0n) is 9.68. The third kappa shape index (κ3) is 1.78. The largest absolute Gasteiger partial charge is 0.352 e. The van der Waals surface area contributed by atoms with E-state index in [2.05, 4.69) is 33.0 Å². The molecule has 0 aromatic rings. The van der Waals surface area contributed by atoms with Crippen LogP contribution in [0.25, 0.3) is 0 Å². The van der Waals surface area contributed by atoms with Gasteiger partial charge in [-0.3, -0.25) is 4.79 Å². The van der Waals surface area contributed by atoms with Crippen LogP contribution < -0.4 is 11.1 Å². The topological polar surface area (TPSA) is 55.1 Å². The van der Waals surface area contributed by atoms with E-state index in [1.165, 1.54) is 0 Å². The van der Waals surface area contributed by atoms with Gasteiger partial charge in [0, 0.05) is 12.5 Å². The summed E-state index contributed by atoms with van der Waals surface area (Å²) < 4.78 is 0. The molecular weight excluding hydrogens is 176 g/mol. The monoisotopic (exact) mass is 198 g/mol. The van der Waals surface area contributed by atoms with Crippen molar-refractivity contribution in [3.05, 3.63) is 0 Å². The quantitative estimate of drug-likeness (QED) is 0.715. The number of nitrogens with one attached hydrogen (secondary N) is 1. The van der Waals surface area contributed by atoms with E-state index in [4.69, 9.17) is 5.73 Å². The zero-order valence-corrected chi connectivity index (χ0v) is 9.68. The Morgan fingerprint density at radius 1 is 1.29 bits per heavy atom. The molecule has 0 saturated heterocycles. The van der Waals surface area contributed by atoms with Crippen molar-refractivity contribution in [2.45, 2.75) is 46.6 Å². The first kappa shape index (κ1) is 11.5. The summed E-state index contributed by atoms with van der Waals surface area (Å²) in [4.78, 5) is 11.5. The first-order valence-electron chi connectivity index (χ1n) is 5.33. The highest BCUT2D eigenvalue weighted by Crippen LogP contribution is 2.62. The van der Waals surface area contributed by atoms with Gasteiger partial charge >= 0.3 is 0 Å². The minimum Gasteiger partial charge on any atom is -0.352 e. The molecule has 1 fully saturated rings. The lowest BCUT2D eigenvalue weighted by Crippen LogP contribution is -2.29. The average molecular weight is 198 g/mol. The van der Waals surface area contributed by atoms with Crippen LogP contribution in [0.3, 0.4) is 0 Å². The molecule has 14 heavy (non-hydrogen) atoms. The second-order valence-electron chi connectivity index (χ2n) is 5.34. The Morgan fingerprint density at radius 2 is 1.79 bits per heavy atom. The molecule has 0 aromatic heterocycles. The average Bonchev–Trinajstić information content (AvgIpc) is 2.44. The maximum Gasteiger partial charge on any atom is 0.220 e. The summed E-state index contributed by atoms with van der Waals surface area (Å²) in [5.74, 6) is 0.138. The first-order chi connectivity index (χ1) is 6.34. The normalized spacial score (nSPS) is 23.2. The summed E-state index contributed by atoms with van der Waals surface area (Å²) in [6.45, 7) is 9.37. The highest BCUT2D eigenvalue weighted by atomic mass is 16.1. The number of hydrogen-bond donors (Lipinski definition) is 2. The molecule has 82 valence electrons. The van der Waals surface area contributed by atoms with Gasteiger partial charge in [0.1, 0.15) is 0 Å². The van der Waals surface area contributed by atoms with E-state index in [-0.39, 0.29) is 16.7 Å². The van der Waals surface area contributed by atoms with Crippen molar-refractivity contribution in [1.29, 1.82) is 0 Å². The Hall–Kier alpha value is -0.570. The predicted molar refractivity (Wildman–Crippen MR) is 57.8 cm³/mol. The van der Waals surface area contributed by atoms with Crippen LogP contribution in [-0.2, 0) is 4.79 Å². The third-order valence-corrected chi connectivity index (χ3v) is 3.93. The van der Waals surface area contributed by atoms with E-state index in [0.717, 1.165) is 6.42 Å². The van der Waals surface area contributed by atoms with Crippen LogP contribution in [0.1, 0.15) is 40.5 Å². The second-order valence-corrected chi connectivity index (χ2v) is 5.34. The van der Waals surface area contributed by atoms with Crippen molar-refractivity contribution in [2.75, 3.05) is 6.54 Å². The highest BCUT2D eigenvalue weighted by molar-refractivity contribution is 5.77. The maximum atomic E-state index is 11.5. The lowest BCUT2D eigenvalue weighted by molar-refractivity contribution is -0.121. The molecule has 0 unspecified atom stereocenters. The van der Waals surface area contributed by atoms with E-state index in [0.29, 0.717) is 19.0 Å². The Balaban J connectivity index is 2.37. The van der Waals surface area contributed by atoms with E-state index >= 15 is 0 Å². The van der Waals surface area contributed by atoms with Crippen LogP contribution in [0.2, 0.25) is 0 Å². The van der Waals surface area contributed by atoms with Gasteiger partial charge in [-0.15, -0.1) is 0 Å². The fourth-order valence-corrected chi connectivity index (χ4v) is 2.05. The number of carbonyl (C=O) groups is 1. The Kier molecular flexibility index (Phi) is 2.91. The first-order valence-corrected chi connectivity index (χ1v) is 5.33. The number of rotatable bonds is 4. The van der Waals surface area contributed by atoms with E-state index in [1.54, 1.807) is 0 Å². The molecule has 0 aliphatic heterocycles. The molecule has 0 atom stereocenters. The molecule has 1 amide bonds. The lowest BCUT2D eigenvalue weighted by Gasteiger charge is -2.05. The molecule has 3 N–H and O–H groups in total. The van der Waals surface area contributed by atoms with Gasteiger partial charge in [0.15, 0.2) is 0 Å². The van der Waals surface area contributed by atoms with Crippen LogP contribution >= 0.6 is 0 Å². The molecule has 0 radical (unpaired) electrons. The summed E-state index contributed by atoms with van der Waals surface area (Å²) in [5.41, 5.74) is 5.80. The molecule has 0 bridgehead atoms. The summed E-state index contributed by atoms with van der Waals surface area (Å²) >= 11 is 0. The van der Waals surface area contributed by atoms with E-state index in [1.807, 2.05) is 0 Å². The van der Waals surface area contributed by atoms with Crippen molar-refractivity contribution >= 4 is 5.91 Å². The summed E-state index contributed by atoms with van der Waals surface area (Å²) in [5, 5.41) is 3.07.